The van der Waals surface area contributed by atoms with Gasteiger partial charge in [0.25, 0.3) is 0 Å². The SMILES string of the molecule is CC(NCC1(O)CCOCC1)c1ccc(-n2ccnc2)cc1. The molecular weight excluding hydrogens is 278 g/mol. The van der Waals surface area contributed by atoms with Crippen LogP contribution in [0.15, 0.2) is 43.0 Å². The van der Waals surface area contributed by atoms with Crippen LogP contribution in [0.5, 0.6) is 0 Å². The number of aromatic nitrogens is 2. The third kappa shape index (κ3) is 3.55. The van der Waals surface area contributed by atoms with Crippen LogP contribution in [0.2, 0.25) is 0 Å². The molecule has 1 saturated heterocycles. The molecule has 1 unspecified atom stereocenters. The van der Waals surface area contributed by atoms with Crippen molar-refractivity contribution in [3.05, 3.63) is 48.5 Å². The van der Waals surface area contributed by atoms with E-state index in [2.05, 4.69) is 41.5 Å². The van der Waals surface area contributed by atoms with Crippen molar-refractivity contribution < 1.29 is 9.84 Å². The number of nitrogens with zero attached hydrogens (tertiary/aromatic N) is 2. The maximum Gasteiger partial charge on any atom is 0.0991 e. The molecule has 1 fully saturated rings. The monoisotopic (exact) mass is 301 g/mol. The number of ether oxygens (including phenoxy) is 1. The molecule has 1 aromatic heterocycles. The third-order valence-electron chi connectivity index (χ3n) is 4.36. The molecule has 2 heterocycles. The number of hydrogen-bond donors (Lipinski definition) is 2. The molecule has 1 atom stereocenters. The molecule has 1 aliphatic heterocycles. The van der Waals surface area contributed by atoms with E-state index in [1.807, 2.05) is 10.8 Å². The number of imidazole rings is 1. The second-order valence-electron chi connectivity index (χ2n) is 6.00. The van der Waals surface area contributed by atoms with E-state index in [4.69, 9.17) is 4.74 Å². The molecule has 1 aliphatic rings. The average Bonchev–Trinajstić information content (AvgIpc) is 3.08. The van der Waals surface area contributed by atoms with E-state index < -0.39 is 5.60 Å². The Bertz CT molecular complexity index is 574. The maximum atomic E-state index is 10.5. The zero-order valence-corrected chi connectivity index (χ0v) is 12.9. The van der Waals surface area contributed by atoms with E-state index in [1.165, 1.54) is 5.56 Å². The fourth-order valence-corrected chi connectivity index (χ4v) is 2.74. The molecule has 118 valence electrons. The maximum absolute atomic E-state index is 10.5. The van der Waals surface area contributed by atoms with Gasteiger partial charge in [-0.15, -0.1) is 0 Å². The van der Waals surface area contributed by atoms with Gasteiger partial charge in [0.05, 0.1) is 11.9 Å². The number of aliphatic hydroxyl groups is 1. The normalized spacial score (nSPS) is 19.0. The molecule has 2 N–H and O–H groups in total. The Morgan fingerprint density at radius 2 is 2.05 bits per heavy atom. The van der Waals surface area contributed by atoms with Gasteiger partial charge < -0.3 is 19.7 Å². The number of nitrogens with one attached hydrogen (secondary N) is 1. The predicted octanol–water partition coefficient (Wildman–Crippen LogP) is 2.06. The highest BCUT2D eigenvalue weighted by Crippen LogP contribution is 2.21. The molecule has 5 nitrogen and oxygen atoms in total. The standard InChI is InChI=1S/C17H23N3O2/c1-14(19-12-17(21)6-10-22-11-7-17)15-2-4-16(5-3-15)20-9-8-18-13-20/h2-5,8-9,13-14,19,21H,6-7,10-12H2,1H3. The van der Waals surface area contributed by atoms with Crippen LogP contribution < -0.4 is 5.32 Å². The molecule has 2 aromatic rings. The van der Waals surface area contributed by atoms with Gasteiger partial charge >= 0.3 is 0 Å². The van der Waals surface area contributed by atoms with Gasteiger partial charge in [-0.25, -0.2) is 4.98 Å². The van der Waals surface area contributed by atoms with Crippen LogP contribution in [-0.4, -0.2) is 40.0 Å². The molecule has 0 saturated carbocycles. The summed E-state index contributed by atoms with van der Waals surface area (Å²) in [7, 11) is 0. The Morgan fingerprint density at radius 3 is 2.68 bits per heavy atom. The molecule has 0 aliphatic carbocycles. The van der Waals surface area contributed by atoms with Crippen LogP contribution in [0.25, 0.3) is 5.69 Å². The van der Waals surface area contributed by atoms with E-state index in [1.54, 1.807) is 12.5 Å². The van der Waals surface area contributed by atoms with Gasteiger partial charge in [-0.1, -0.05) is 12.1 Å². The first-order valence-corrected chi connectivity index (χ1v) is 7.78. The number of rotatable bonds is 5. The van der Waals surface area contributed by atoms with Crippen LogP contribution in [-0.2, 0) is 4.74 Å². The van der Waals surface area contributed by atoms with Crippen molar-refractivity contribution in [1.82, 2.24) is 14.9 Å². The quantitative estimate of drug-likeness (QED) is 0.887. The zero-order chi connectivity index (χ0) is 15.4. The first-order chi connectivity index (χ1) is 10.7. The summed E-state index contributed by atoms with van der Waals surface area (Å²) in [6, 6.07) is 8.59. The molecular formula is C17H23N3O2. The van der Waals surface area contributed by atoms with Gasteiger partial charge in [0.2, 0.25) is 0 Å². The Morgan fingerprint density at radius 1 is 1.32 bits per heavy atom. The van der Waals surface area contributed by atoms with Crippen LogP contribution >= 0.6 is 0 Å². The summed E-state index contributed by atoms with van der Waals surface area (Å²) >= 11 is 0. The Kier molecular flexibility index (Phi) is 4.57. The topological polar surface area (TPSA) is 59.3 Å². The van der Waals surface area contributed by atoms with E-state index in [9.17, 15) is 5.11 Å². The number of hydrogen-bond acceptors (Lipinski definition) is 4. The van der Waals surface area contributed by atoms with Crippen molar-refractivity contribution >= 4 is 0 Å². The van der Waals surface area contributed by atoms with Gasteiger partial charge in [0, 0.05) is 56.7 Å². The van der Waals surface area contributed by atoms with E-state index in [0.29, 0.717) is 32.6 Å². The van der Waals surface area contributed by atoms with Crippen LogP contribution in [0.3, 0.4) is 0 Å². The largest absolute Gasteiger partial charge is 0.388 e. The Labute approximate surface area is 130 Å². The van der Waals surface area contributed by atoms with E-state index in [-0.39, 0.29) is 6.04 Å². The van der Waals surface area contributed by atoms with E-state index >= 15 is 0 Å². The first-order valence-electron chi connectivity index (χ1n) is 7.78. The lowest BCUT2D eigenvalue weighted by atomic mass is 9.94. The summed E-state index contributed by atoms with van der Waals surface area (Å²) in [6.45, 7) is 4.01. The molecule has 0 bridgehead atoms. The zero-order valence-electron chi connectivity index (χ0n) is 12.9. The molecule has 5 heteroatoms. The van der Waals surface area contributed by atoms with Crippen molar-refractivity contribution in [3.8, 4) is 5.69 Å². The summed E-state index contributed by atoms with van der Waals surface area (Å²) in [5.41, 5.74) is 1.67. The Balaban J connectivity index is 1.59. The van der Waals surface area contributed by atoms with Crippen molar-refractivity contribution in [2.45, 2.75) is 31.4 Å². The van der Waals surface area contributed by atoms with Gasteiger partial charge in [-0.2, -0.15) is 0 Å². The minimum absolute atomic E-state index is 0.198. The highest BCUT2D eigenvalue weighted by atomic mass is 16.5. The number of benzene rings is 1. The van der Waals surface area contributed by atoms with Crippen molar-refractivity contribution in [2.24, 2.45) is 0 Å². The van der Waals surface area contributed by atoms with Crippen LogP contribution in [0.1, 0.15) is 31.4 Å². The summed E-state index contributed by atoms with van der Waals surface area (Å²) in [5, 5.41) is 13.9. The summed E-state index contributed by atoms with van der Waals surface area (Å²) in [5.74, 6) is 0. The Hall–Kier alpha value is -1.69. The van der Waals surface area contributed by atoms with Gasteiger partial charge in [-0.3, -0.25) is 0 Å². The lowest BCUT2D eigenvalue weighted by Crippen LogP contribution is -2.45. The molecule has 0 radical (unpaired) electrons. The second-order valence-corrected chi connectivity index (χ2v) is 6.00. The summed E-state index contributed by atoms with van der Waals surface area (Å²) < 4.78 is 7.29. The predicted molar refractivity (Wildman–Crippen MR) is 85.0 cm³/mol. The smallest absolute Gasteiger partial charge is 0.0991 e. The minimum Gasteiger partial charge on any atom is -0.388 e. The minimum atomic E-state index is -0.636. The summed E-state index contributed by atoms with van der Waals surface area (Å²) in [4.78, 5) is 4.06. The fourth-order valence-electron chi connectivity index (χ4n) is 2.74. The van der Waals surface area contributed by atoms with Crippen LogP contribution in [0, 0.1) is 0 Å². The lowest BCUT2D eigenvalue weighted by Gasteiger charge is -2.33. The third-order valence-corrected chi connectivity index (χ3v) is 4.36. The first kappa shape index (κ1) is 15.2. The van der Waals surface area contributed by atoms with Crippen molar-refractivity contribution in [3.63, 3.8) is 0 Å². The second kappa shape index (κ2) is 6.60. The average molecular weight is 301 g/mol. The molecule has 1 aromatic carbocycles. The van der Waals surface area contributed by atoms with Crippen molar-refractivity contribution in [2.75, 3.05) is 19.8 Å². The molecule has 22 heavy (non-hydrogen) atoms. The fraction of sp³-hybridized carbons (Fsp3) is 0.471. The van der Waals surface area contributed by atoms with Gasteiger partial charge in [0.1, 0.15) is 0 Å². The highest BCUT2D eigenvalue weighted by molar-refractivity contribution is 5.35. The van der Waals surface area contributed by atoms with Gasteiger partial charge in [-0.05, 0) is 24.6 Å². The van der Waals surface area contributed by atoms with Gasteiger partial charge in [0.15, 0.2) is 0 Å². The highest BCUT2D eigenvalue weighted by Gasteiger charge is 2.29. The molecule has 0 amide bonds. The molecule has 0 spiro atoms. The lowest BCUT2D eigenvalue weighted by molar-refractivity contribution is -0.0626. The van der Waals surface area contributed by atoms with Crippen molar-refractivity contribution in [1.29, 1.82) is 0 Å². The van der Waals surface area contributed by atoms with Crippen LogP contribution in [0.4, 0.5) is 0 Å². The summed E-state index contributed by atoms with van der Waals surface area (Å²) in [6.07, 6.45) is 6.89. The molecule has 3 rings (SSSR count). The van der Waals surface area contributed by atoms with E-state index in [0.717, 1.165) is 5.69 Å².